The zero-order valence-electron chi connectivity index (χ0n) is 30.5. The van der Waals surface area contributed by atoms with E-state index in [4.69, 9.17) is 4.42 Å². The van der Waals surface area contributed by atoms with Crippen molar-refractivity contribution in [3.05, 3.63) is 88.9 Å². The van der Waals surface area contributed by atoms with Crippen LogP contribution in [-0.2, 0) is 17.9 Å². The van der Waals surface area contributed by atoms with Gasteiger partial charge in [0.1, 0.15) is 24.0 Å². The van der Waals surface area contributed by atoms with E-state index >= 15 is 4.39 Å². The molecule has 0 spiro atoms. The largest absolute Gasteiger partial charge is 0.454 e. The van der Waals surface area contributed by atoms with Gasteiger partial charge in [-0.25, -0.2) is 8.96 Å². The molecule has 0 N–H and O–H groups in total. The number of aryl methyl sites for hydroxylation is 2. The zero-order chi connectivity index (χ0) is 33.9. The number of pyridine rings is 1. The summed E-state index contributed by atoms with van der Waals surface area (Å²) in [5, 5.41) is 1.90. The Morgan fingerprint density at radius 2 is 1.41 bits per heavy atom. The standard InChI is InChI=1S/C43H51FNO/c1-26-19-20-29-30-21-22-33(44)36(39(30)46-38(29)35(26)34-18-14-15-23-45(34)10)28-24-31(27-16-12-11-13-17-27)37-32(25-28)40(2,3)42(6,7)43(8,9)41(37,4)5/h14-15,18-25,27H,11-13,16-17H2,1-10H3/q+1/i27D. The molecule has 0 radical (unpaired) electrons. The van der Waals surface area contributed by atoms with Gasteiger partial charge in [0.15, 0.2) is 6.20 Å². The summed E-state index contributed by atoms with van der Waals surface area (Å²) in [6.07, 6.45) is 6.98. The number of hydrogen-bond acceptors (Lipinski definition) is 1. The van der Waals surface area contributed by atoms with Crippen molar-refractivity contribution < 1.29 is 14.7 Å². The quantitative estimate of drug-likeness (QED) is 0.184. The predicted octanol–water partition coefficient (Wildman–Crippen LogP) is 11.9. The first-order chi connectivity index (χ1) is 22.0. The highest BCUT2D eigenvalue weighted by atomic mass is 19.1. The van der Waals surface area contributed by atoms with Gasteiger partial charge in [0, 0.05) is 24.3 Å². The average Bonchev–Trinajstić information content (AvgIpc) is 3.38. The van der Waals surface area contributed by atoms with Gasteiger partial charge in [-0.3, -0.25) is 0 Å². The molecule has 0 aliphatic heterocycles. The number of rotatable bonds is 3. The van der Waals surface area contributed by atoms with Gasteiger partial charge in [0.25, 0.3) is 0 Å². The first-order valence-corrected chi connectivity index (χ1v) is 17.2. The van der Waals surface area contributed by atoms with Crippen LogP contribution >= 0.6 is 0 Å². The van der Waals surface area contributed by atoms with Crippen molar-refractivity contribution in [2.75, 3.05) is 0 Å². The van der Waals surface area contributed by atoms with E-state index in [1.165, 1.54) is 17.5 Å². The topological polar surface area (TPSA) is 17.0 Å². The van der Waals surface area contributed by atoms with Crippen LogP contribution in [0, 0.1) is 23.6 Å². The van der Waals surface area contributed by atoms with Gasteiger partial charge in [0.2, 0.25) is 5.69 Å². The zero-order valence-corrected chi connectivity index (χ0v) is 29.5. The fourth-order valence-corrected chi connectivity index (χ4v) is 9.04. The molecular weight excluding hydrogens is 565 g/mol. The maximum atomic E-state index is 16.5. The van der Waals surface area contributed by atoms with Gasteiger partial charge in [-0.15, -0.1) is 0 Å². The number of fused-ring (bicyclic) bond motifs is 4. The minimum atomic E-state index is -0.714. The van der Waals surface area contributed by atoms with Crippen LogP contribution in [0.25, 0.3) is 44.3 Å². The molecular formula is C43H51FNO+. The Morgan fingerprint density at radius 1 is 0.783 bits per heavy atom. The lowest BCUT2D eigenvalue weighted by Crippen LogP contribution is -2.60. The van der Waals surface area contributed by atoms with Crippen LogP contribution in [0.5, 0.6) is 0 Å². The fraction of sp³-hybridized carbons (Fsp3) is 0.465. The highest BCUT2D eigenvalue weighted by molar-refractivity contribution is 6.13. The van der Waals surface area contributed by atoms with Crippen molar-refractivity contribution in [2.24, 2.45) is 17.9 Å². The van der Waals surface area contributed by atoms with Crippen molar-refractivity contribution in [2.45, 2.75) is 111 Å². The van der Waals surface area contributed by atoms with Crippen molar-refractivity contribution in [3.63, 3.8) is 0 Å². The van der Waals surface area contributed by atoms with Gasteiger partial charge in [-0.1, -0.05) is 98.9 Å². The number of nitrogens with zero attached hydrogens (tertiary/aromatic N) is 1. The number of hydrogen-bond donors (Lipinski definition) is 0. The van der Waals surface area contributed by atoms with Crippen LogP contribution < -0.4 is 4.57 Å². The van der Waals surface area contributed by atoms with E-state index in [1.807, 2.05) is 31.4 Å². The Labute approximate surface area is 276 Å². The lowest BCUT2D eigenvalue weighted by atomic mass is 9.39. The molecule has 0 saturated heterocycles. The second kappa shape index (κ2) is 10.3. The Kier molecular flexibility index (Phi) is 6.68. The van der Waals surface area contributed by atoms with E-state index in [0.717, 1.165) is 70.0 Å². The minimum absolute atomic E-state index is 0.0658. The van der Waals surface area contributed by atoms with Gasteiger partial charge < -0.3 is 4.42 Å². The van der Waals surface area contributed by atoms with Crippen LogP contribution in [0.2, 0.25) is 0 Å². The molecule has 0 amide bonds. The molecule has 0 atom stereocenters. The minimum Gasteiger partial charge on any atom is -0.454 e. The van der Waals surface area contributed by atoms with E-state index in [2.05, 4.69) is 97.2 Å². The summed E-state index contributed by atoms with van der Waals surface area (Å²) in [6.45, 7) is 21.2. The van der Waals surface area contributed by atoms with E-state index in [0.29, 0.717) is 11.1 Å². The van der Waals surface area contributed by atoms with E-state index < -0.39 is 5.89 Å². The molecule has 240 valence electrons. The number of halogens is 1. The first kappa shape index (κ1) is 29.9. The smallest absolute Gasteiger partial charge is 0.216 e. The lowest BCUT2D eigenvalue weighted by Gasteiger charge is -2.65. The highest BCUT2D eigenvalue weighted by Crippen LogP contribution is 2.67. The summed E-state index contributed by atoms with van der Waals surface area (Å²) in [7, 11) is 2.05. The molecule has 2 nitrogen and oxygen atoms in total. The van der Waals surface area contributed by atoms with Gasteiger partial charge >= 0.3 is 0 Å². The summed E-state index contributed by atoms with van der Waals surface area (Å²) < 4.78 is 35.5. The van der Waals surface area contributed by atoms with Crippen LogP contribution in [0.3, 0.4) is 0 Å². The third-order valence-electron chi connectivity index (χ3n) is 13.5. The summed E-state index contributed by atoms with van der Waals surface area (Å²) in [5.74, 6) is -1.01. The summed E-state index contributed by atoms with van der Waals surface area (Å²) in [4.78, 5) is 0. The second-order valence-corrected chi connectivity index (χ2v) is 16.3. The molecule has 2 aromatic heterocycles. The molecule has 2 aliphatic carbocycles. The van der Waals surface area contributed by atoms with Gasteiger partial charge in [0.05, 0.1) is 11.1 Å². The summed E-state index contributed by atoms with van der Waals surface area (Å²) in [6, 6.07) is 18.4. The molecule has 3 aromatic carbocycles. The molecule has 1 fully saturated rings. The third-order valence-corrected chi connectivity index (χ3v) is 13.5. The molecule has 0 bridgehead atoms. The molecule has 2 heterocycles. The van der Waals surface area contributed by atoms with Crippen LogP contribution in [-0.4, -0.2) is 0 Å². The molecule has 1 saturated carbocycles. The molecule has 5 aromatic rings. The van der Waals surface area contributed by atoms with Crippen molar-refractivity contribution in [1.29, 1.82) is 0 Å². The summed E-state index contributed by atoms with van der Waals surface area (Å²) >= 11 is 0. The van der Waals surface area contributed by atoms with E-state index in [1.54, 1.807) is 6.07 Å². The van der Waals surface area contributed by atoms with Crippen molar-refractivity contribution in [3.8, 4) is 22.4 Å². The third kappa shape index (κ3) is 4.09. The Bertz CT molecular complexity index is 2070. The van der Waals surface area contributed by atoms with E-state index in [9.17, 15) is 1.37 Å². The highest BCUT2D eigenvalue weighted by Gasteiger charge is 2.61. The lowest BCUT2D eigenvalue weighted by molar-refractivity contribution is -0.660. The number of aromatic nitrogens is 1. The molecule has 0 unspecified atom stereocenters. The van der Waals surface area contributed by atoms with Crippen LogP contribution in [0.1, 0.15) is 117 Å². The van der Waals surface area contributed by atoms with E-state index in [-0.39, 0.29) is 27.5 Å². The predicted molar refractivity (Wildman–Crippen MR) is 190 cm³/mol. The van der Waals surface area contributed by atoms with Crippen molar-refractivity contribution in [1.82, 2.24) is 0 Å². The summed E-state index contributed by atoms with van der Waals surface area (Å²) in [5.41, 5.74) is 8.91. The Morgan fingerprint density at radius 3 is 2.09 bits per heavy atom. The maximum absolute atomic E-state index is 16.5. The molecule has 7 rings (SSSR count). The van der Waals surface area contributed by atoms with Gasteiger partial charge in [-0.2, -0.15) is 0 Å². The maximum Gasteiger partial charge on any atom is 0.216 e. The van der Waals surface area contributed by atoms with Gasteiger partial charge in [-0.05, 0) is 93.3 Å². The molecule has 2 aliphatic rings. The monoisotopic (exact) mass is 617 g/mol. The molecule has 3 heteroatoms. The molecule has 46 heavy (non-hydrogen) atoms. The van der Waals surface area contributed by atoms with Crippen LogP contribution in [0.15, 0.2) is 65.2 Å². The SMILES string of the molecule is [2H]C1(c2cc(-c3c(F)ccc4c3oc3c(-c5cccc[n+]5C)c(C)ccc34)cc3c2C(C)(C)C(C)(C)C(C)(C)C3(C)C)CCCCC1. The fourth-order valence-electron chi connectivity index (χ4n) is 9.04. The van der Waals surface area contributed by atoms with Crippen LogP contribution in [0.4, 0.5) is 4.39 Å². The first-order valence-electron chi connectivity index (χ1n) is 17.7. The Hall–Kier alpha value is -3.46. The number of furan rings is 1. The average molecular weight is 618 g/mol. The number of benzene rings is 3. The normalized spacial score (nSPS) is 21.2. The van der Waals surface area contributed by atoms with Crippen molar-refractivity contribution >= 4 is 21.9 Å². The second-order valence-electron chi connectivity index (χ2n) is 16.3. The Balaban J connectivity index is 1.59.